The summed E-state index contributed by atoms with van der Waals surface area (Å²) in [4.78, 5) is 0. The number of nitrogens with zero attached hydrogens (tertiary/aromatic N) is 2. The molecule has 0 aliphatic rings. The minimum Gasteiger partial charge on any atom is -0.362 e. The first-order valence-electron chi connectivity index (χ1n) is 7.28. The Morgan fingerprint density at radius 3 is 2.64 bits per heavy atom. The van der Waals surface area contributed by atoms with Crippen LogP contribution in [0.5, 0.6) is 0 Å². The Bertz CT molecular complexity index is 760. The van der Waals surface area contributed by atoms with Crippen molar-refractivity contribution in [2.45, 2.75) is 26.1 Å². The van der Waals surface area contributed by atoms with E-state index in [2.05, 4.69) is 15.7 Å². The van der Waals surface area contributed by atoms with Crippen LogP contribution in [-0.2, 0) is 12.7 Å². The average molecular weight is 395 g/mol. The molecule has 0 fully saturated rings. The molecule has 0 radical (unpaired) electrons. The van der Waals surface area contributed by atoms with Gasteiger partial charge in [0, 0.05) is 24.5 Å². The number of nitrogens with one attached hydrogen (secondary N) is 2. The summed E-state index contributed by atoms with van der Waals surface area (Å²) in [5.41, 5.74) is 0.0685. The van der Waals surface area contributed by atoms with Crippen molar-refractivity contribution >= 4 is 34.6 Å². The third-order valence-corrected chi connectivity index (χ3v) is 3.82. The molecule has 2 N–H and O–H groups in total. The lowest BCUT2D eigenvalue weighted by molar-refractivity contribution is -0.141. The Morgan fingerprint density at radius 1 is 1.32 bits per heavy atom. The number of benzene rings is 1. The Hall–Kier alpha value is -1.87. The summed E-state index contributed by atoms with van der Waals surface area (Å²) < 4.78 is 52.1. The summed E-state index contributed by atoms with van der Waals surface area (Å²) in [6, 6.07) is 5.11. The van der Waals surface area contributed by atoms with Gasteiger partial charge in [-0.25, -0.2) is 4.39 Å². The standard InChI is InChI=1S/C15H15ClF4N4S/c1-9-7-13(15(18,19)20)23-24(9)6-2-5-21-14(25)22-10-3-4-12(17)11(16)8-10/h3-4,7-8H,2,5-6H2,1H3,(H2,21,22,25). The van der Waals surface area contributed by atoms with Gasteiger partial charge in [-0.15, -0.1) is 0 Å². The van der Waals surface area contributed by atoms with Crippen LogP contribution in [0, 0.1) is 12.7 Å². The lowest BCUT2D eigenvalue weighted by Crippen LogP contribution is -2.29. The highest BCUT2D eigenvalue weighted by Crippen LogP contribution is 2.28. The van der Waals surface area contributed by atoms with Crippen LogP contribution >= 0.6 is 23.8 Å². The van der Waals surface area contributed by atoms with Gasteiger partial charge in [0.15, 0.2) is 10.8 Å². The van der Waals surface area contributed by atoms with E-state index in [-0.39, 0.29) is 5.02 Å². The van der Waals surface area contributed by atoms with E-state index in [4.69, 9.17) is 23.8 Å². The zero-order valence-corrected chi connectivity index (χ0v) is 14.7. The molecule has 0 atom stereocenters. The second-order valence-electron chi connectivity index (χ2n) is 5.26. The molecule has 0 aliphatic carbocycles. The van der Waals surface area contributed by atoms with E-state index in [0.717, 1.165) is 6.07 Å². The molecule has 1 aromatic heterocycles. The van der Waals surface area contributed by atoms with Gasteiger partial charge < -0.3 is 10.6 Å². The molecule has 0 aliphatic heterocycles. The van der Waals surface area contributed by atoms with Gasteiger partial charge in [0.1, 0.15) is 5.82 Å². The summed E-state index contributed by atoms with van der Waals surface area (Å²) in [6.45, 7) is 2.32. The van der Waals surface area contributed by atoms with Crippen LogP contribution < -0.4 is 10.6 Å². The molecule has 2 aromatic rings. The first-order valence-corrected chi connectivity index (χ1v) is 8.07. The van der Waals surface area contributed by atoms with Gasteiger partial charge in [-0.1, -0.05) is 11.6 Å². The number of aryl methyl sites for hydroxylation is 2. The molecule has 0 spiro atoms. The molecule has 0 bridgehead atoms. The van der Waals surface area contributed by atoms with Crippen molar-refractivity contribution in [2.24, 2.45) is 0 Å². The summed E-state index contributed by atoms with van der Waals surface area (Å²) in [6.07, 6.45) is -3.93. The van der Waals surface area contributed by atoms with Crippen LogP contribution in [0.1, 0.15) is 17.8 Å². The molecule has 0 amide bonds. The zero-order chi connectivity index (χ0) is 18.6. The van der Waals surface area contributed by atoms with Gasteiger partial charge >= 0.3 is 6.18 Å². The molecule has 2 rings (SSSR count). The highest BCUT2D eigenvalue weighted by molar-refractivity contribution is 7.80. The Labute approximate surface area is 152 Å². The average Bonchev–Trinajstić information content (AvgIpc) is 2.89. The second-order valence-corrected chi connectivity index (χ2v) is 6.07. The molecule has 4 nitrogen and oxygen atoms in total. The first-order chi connectivity index (χ1) is 11.7. The highest BCUT2D eigenvalue weighted by atomic mass is 35.5. The predicted molar refractivity (Wildman–Crippen MR) is 92.2 cm³/mol. The van der Waals surface area contributed by atoms with E-state index in [9.17, 15) is 17.6 Å². The summed E-state index contributed by atoms with van der Waals surface area (Å²) in [7, 11) is 0. The third kappa shape index (κ3) is 5.57. The molecule has 1 aromatic carbocycles. The predicted octanol–water partition coefficient (Wildman–Crippen LogP) is 4.38. The number of halogens is 5. The van der Waals surface area contributed by atoms with Crippen LogP contribution in [-0.4, -0.2) is 21.4 Å². The normalized spacial score (nSPS) is 11.4. The number of aromatic nitrogens is 2. The van der Waals surface area contributed by atoms with E-state index in [0.29, 0.717) is 36.0 Å². The second kappa shape index (κ2) is 8.01. The third-order valence-electron chi connectivity index (χ3n) is 3.28. The molecular weight excluding hydrogens is 380 g/mol. The molecule has 10 heteroatoms. The van der Waals surface area contributed by atoms with Gasteiger partial charge in [-0.3, -0.25) is 4.68 Å². The number of hydrogen-bond donors (Lipinski definition) is 2. The minimum atomic E-state index is -4.45. The maximum absolute atomic E-state index is 13.1. The molecule has 0 saturated carbocycles. The Kier molecular flexibility index (Phi) is 6.23. The first kappa shape index (κ1) is 19.5. The van der Waals surface area contributed by atoms with E-state index in [1.807, 2.05) is 0 Å². The van der Waals surface area contributed by atoms with E-state index in [1.54, 1.807) is 6.92 Å². The number of rotatable bonds is 5. The SMILES string of the molecule is Cc1cc(C(F)(F)F)nn1CCCNC(=S)Nc1ccc(F)c(Cl)c1. The Morgan fingerprint density at radius 2 is 2.04 bits per heavy atom. The van der Waals surface area contributed by atoms with Crippen molar-refractivity contribution in [3.05, 3.63) is 46.5 Å². The van der Waals surface area contributed by atoms with Crippen LogP contribution in [0.15, 0.2) is 24.3 Å². The van der Waals surface area contributed by atoms with Crippen molar-refractivity contribution < 1.29 is 17.6 Å². The monoisotopic (exact) mass is 394 g/mol. The molecule has 0 unspecified atom stereocenters. The summed E-state index contributed by atoms with van der Waals surface area (Å²) in [5.74, 6) is -0.529. The lowest BCUT2D eigenvalue weighted by atomic mass is 10.3. The van der Waals surface area contributed by atoms with E-state index in [1.165, 1.54) is 22.9 Å². The molecule has 0 saturated heterocycles. The van der Waals surface area contributed by atoms with Gasteiger partial charge in [0.25, 0.3) is 0 Å². The van der Waals surface area contributed by atoms with Crippen molar-refractivity contribution in [2.75, 3.05) is 11.9 Å². The van der Waals surface area contributed by atoms with Crippen LogP contribution in [0.25, 0.3) is 0 Å². The maximum Gasteiger partial charge on any atom is 0.435 e. The summed E-state index contributed by atoms with van der Waals surface area (Å²) in [5, 5.41) is 9.58. The van der Waals surface area contributed by atoms with Gasteiger partial charge in [-0.05, 0) is 49.8 Å². The van der Waals surface area contributed by atoms with Crippen LogP contribution in [0.3, 0.4) is 0 Å². The lowest BCUT2D eigenvalue weighted by Gasteiger charge is -2.11. The quantitative estimate of drug-likeness (QED) is 0.448. The fourth-order valence-corrected chi connectivity index (χ4v) is 2.46. The summed E-state index contributed by atoms with van der Waals surface area (Å²) >= 11 is 10.8. The topological polar surface area (TPSA) is 41.9 Å². The van der Waals surface area contributed by atoms with Crippen LogP contribution in [0.4, 0.5) is 23.2 Å². The van der Waals surface area contributed by atoms with Gasteiger partial charge in [0.2, 0.25) is 0 Å². The van der Waals surface area contributed by atoms with Crippen LogP contribution in [0.2, 0.25) is 5.02 Å². The maximum atomic E-state index is 13.1. The number of alkyl halides is 3. The number of anilines is 1. The molecule has 1 heterocycles. The molecular formula is C15H15ClF4N4S. The number of thiocarbonyl (C=S) groups is 1. The van der Waals surface area contributed by atoms with Gasteiger partial charge in [-0.2, -0.15) is 18.3 Å². The number of hydrogen-bond acceptors (Lipinski definition) is 2. The largest absolute Gasteiger partial charge is 0.435 e. The fraction of sp³-hybridized carbons (Fsp3) is 0.333. The smallest absolute Gasteiger partial charge is 0.362 e. The Balaban J connectivity index is 1.78. The fourth-order valence-electron chi connectivity index (χ4n) is 2.05. The molecule has 25 heavy (non-hydrogen) atoms. The van der Waals surface area contributed by atoms with Crippen molar-refractivity contribution in [1.82, 2.24) is 15.1 Å². The van der Waals surface area contributed by atoms with E-state index >= 15 is 0 Å². The van der Waals surface area contributed by atoms with Crippen molar-refractivity contribution in [3.63, 3.8) is 0 Å². The van der Waals surface area contributed by atoms with Gasteiger partial charge in [0.05, 0.1) is 5.02 Å². The van der Waals surface area contributed by atoms with Crippen molar-refractivity contribution in [1.29, 1.82) is 0 Å². The highest BCUT2D eigenvalue weighted by Gasteiger charge is 2.34. The minimum absolute atomic E-state index is 0.0255. The molecule has 136 valence electrons. The zero-order valence-electron chi connectivity index (χ0n) is 13.1. The van der Waals surface area contributed by atoms with E-state index < -0.39 is 17.7 Å². The van der Waals surface area contributed by atoms with Crippen molar-refractivity contribution in [3.8, 4) is 0 Å².